The number of ether oxygens (including phenoxy) is 2. The Morgan fingerprint density at radius 3 is 2.90 bits per heavy atom. The van der Waals surface area contributed by atoms with E-state index in [-0.39, 0.29) is 11.7 Å². The SMILES string of the molecule is Cc1ccc(C(=O)O)c(OCC2Cc3ccccc3O2)c1. The van der Waals surface area contributed by atoms with Gasteiger partial charge >= 0.3 is 5.97 Å². The van der Waals surface area contributed by atoms with Crippen LogP contribution in [0.2, 0.25) is 0 Å². The fourth-order valence-electron chi connectivity index (χ4n) is 2.46. The van der Waals surface area contributed by atoms with E-state index in [4.69, 9.17) is 9.47 Å². The van der Waals surface area contributed by atoms with Crippen molar-refractivity contribution in [2.24, 2.45) is 0 Å². The molecule has 0 spiro atoms. The van der Waals surface area contributed by atoms with Gasteiger partial charge in [0.05, 0.1) is 0 Å². The summed E-state index contributed by atoms with van der Waals surface area (Å²) in [6, 6.07) is 13.0. The molecule has 2 aromatic carbocycles. The molecule has 1 unspecified atom stereocenters. The molecule has 21 heavy (non-hydrogen) atoms. The first-order valence-corrected chi connectivity index (χ1v) is 6.85. The van der Waals surface area contributed by atoms with Crippen molar-refractivity contribution in [2.45, 2.75) is 19.4 Å². The molecule has 1 aliphatic rings. The molecule has 0 saturated heterocycles. The maximum atomic E-state index is 11.2. The molecule has 0 aromatic heterocycles. The molecule has 1 N–H and O–H groups in total. The van der Waals surface area contributed by atoms with Gasteiger partial charge in [0.25, 0.3) is 0 Å². The lowest BCUT2D eigenvalue weighted by Gasteiger charge is -2.14. The van der Waals surface area contributed by atoms with Crippen LogP contribution in [0, 0.1) is 6.92 Å². The van der Waals surface area contributed by atoms with Crippen molar-refractivity contribution in [3.63, 3.8) is 0 Å². The lowest BCUT2D eigenvalue weighted by atomic mass is 10.1. The van der Waals surface area contributed by atoms with Crippen molar-refractivity contribution < 1.29 is 19.4 Å². The van der Waals surface area contributed by atoms with E-state index in [1.807, 2.05) is 31.2 Å². The Morgan fingerprint density at radius 2 is 2.14 bits per heavy atom. The van der Waals surface area contributed by atoms with Gasteiger partial charge in [-0.1, -0.05) is 24.3 Å². The number of carboxylic acid groups (broad SMARTS) is 1. The van der Waals surface area contributed by atoms with Crippen LogP contribution in [-0.4, -0.2) is 23.8 Å². The van der Waals surface area contributed by atoms with Crippen LogP contribution in [0.5, 0.6) is 11.5 Å². The summed E-state index contributed by atoms with van der Waals surface area (Å²) < 4.78 is 11.5. The highest BCUT2D eigenvalue weighted by Crippen LogP contribution is 2.29. The minimum Gasteiger partial charge on any atom is -0.489 e. The van der Waals surface area contributed by atoms with E-state index < -0.39 is 5.97 Å². The van der Waals surface area contributed by atoms with Crippen LogP contribution in [0.25, 0.3) is 0 Å². The van der Waals surface area contributed by atoms with E-state index in [2.05, 4.69) is 0 Å². The zero-order valence-electron chi connectivity index (χ0n) is 11.7. The predicted molar refractivity (Wildman–Crippen MR) is 78.2 cm³/mol. The third kappa shape index (κ3) is 2.84. The quantitative estimate of drug-likeness (QED) is 0.937. The van der Waals surface area contributed by atoms with Crippen LogP contribution in [0.1, 0.15) is 21.5 Å². The highest BCUT2D eigenvalue weighted by molar-refractivity contribution is 5.90. The molecule has 2 aromatic rings. The third-order valence-corrected chi connectivity index (χ3v) is 3.51. The fraction of sp³-hybridized carbons (Fsp3) is 0.235. The zero-order valence-corrected chi connectivity index (χ0v) is 11.7. The van der Waals surface area contributed by atoms with Crippen LogP contribution in [0.4, 0.5) is 0 Å². The van der Waals surface area contributed by atoms with E-state index in [1.165, 1.54) is 0 Å². The summed E-state index contributed by atoms with van der Waals surface area (Å²) in [5, 5.41) is 9.18. The smallest absolute Gasteiger partial charge is 0.339 e. The largest absolute Gasteiger partial charge is 0.489 e. The predicted octanol–water partition coefficient (Wildman–Crippen LogP) is 3.08. The van der Waals surface area contributed by atoms with E-state index in [0.717, 1.165) is 23.3 Å². The second-order valence-electron chi connectivity index (χ2n) is 5.17. The summed E-state index contributed by atoms with van der Waals surface area (Å²) in [4.78, 5) is 11.2. The molecule has 0 aliphatic carbocycles. The Morgan fingerprint density at radius 1 is 1.33 bits per heavy atom. The highest BCUT2D eigenvalue weighted by atomic mass is 16.5. The second kappa shape index (κ2) is 5.48. The summed E-state index contributed by atoms with van der Waals surface area (Å²) in [7, 11) is 0. The number of para-hydroxylation sites is 1. The van der Waals surface area contributed by atoms with Crippen LogP contribution in [0.3, 0.4) is 0 Å². The van der Waals surface area contributed by atoms with Gasteiger partial charge in [0, 0.05) is 6.42 Å². The van der Waals surface area contributed by atoms with Gasteiger partial charge in [0.2, 0.25) is 0 Å². The molecule has 0 radical (unpaired) electrons. The van der Waals surface area contributed by atoms with Crippen molar-refractivity contribution in [3.05, 3.63) is 59.2 Å². The standard InChI is InChI=1S/C17H16O4/c1-11-6-7-14(17(18)19)16(8-11)20-10-13-9-12-4-2-3-5-15(12)21-13/h2-8,13H,9-10H2,1H3,(H,18,19). The molecule has 108 valence electrons. The van der Waals surface area contributed by atoms with Crippen molar-refractivity contribution >= 4 is 5.97 Å². The Labute approximate surface area is 122 Å². The molecule has 0 amide bonds. The van der Waals surface area contributed by atoms with Crippen molar-refractivity contribution in [1.29, 1.82) is 0 Å². The summed E-state index contributed by atoms with van der Waals surface area (Å²) in [5.41, 5.74) is 2.30. The van der Waals surface area contributed by atoms with Gasteiger partial charge < -0.3 is 14.6 Å². The Balaban J connectivity index is 1.69. The van der Waals surface area contributed by atoms with Gasteiger partial charge in [0.15, 0.2) is 0 Å². The number of rotatable bonds is 4. The first kappa shape index (κ1) is 13.5. The first-order valence-electron chi connectivity index (χ1n) is 6.85. The minimum absolute atomic E-state index is 0.0791. The molecular formula is C17H16O4. The zero-order chi connectivity index (χ0) is 14.8. The Hall–Kier alpha value is -2.49. The normalized spacial score (nSPS) is 16.1. The average Bonchev–Trinajstić information content (AvgIpc) is 2.87. The van der Waals surface area contributed by atoms with Gasteiger partial charge in [-0.2, -0.15) is 0 Å². The lowest BCUT2D eigenvalue weighted by molar-refractivity contribution is 0.0688. The topological polar surface area (TPSA) is 55.8 Å². The fourth-order valence-corrected chi connectivity index (χ4v) is 2.46. The molecule has 1 atom stereocenters. The molecular weight excluding hydrogens is 268 g/mol. The molecule has 1 heterocycles. The molecule has 0 bridgehead atoms. The van der Waals surface area contributed by atoms with E-state index in [0.29, 0.717) is 12.4 Å². The molecule has 4 heteroatoms. The monoisotopic (exact) mass is 284 g/mol. The van der Waals surface area contributed by atoms with Crippen molar-refractivity contribution in [1.82, 2.24) is 0 Å². The van der Waals surface area contributed by atoms with Crippen LogP contribution in [0.15, 0.2) is 42.5 Å². The van der Waals surface area contributed by atoms with Gasteiger partial charge in [-0.3, -0.25) is 0 Å². The lowest BCUT2D eigenvalue weighted by Crippen LogP contribution is -2.23. The maximum absolute atomic E-state index is 11.2. The number of aromatic carboxylic acids is 1. The number of benzene rings is 2. The summed E-state index contributed by atoms with van der Waals surface area (Å²) in [6.07, 6.45) is 0.703. The van der Waals surface area contributed by atoms with E-state index in [1.54, 1.807) is 18.2 Å². The molecule has 1 aliphatic heterocycles. The molecule has 0 fully saturated rings. The highest BCUT2D eigenvalue weighted by Gasteiger charge is 2.23. The Kier molecular flexibility index (Phi) is 3.52. The first-order chi connectivity index (χ1) is 10.1. The van der Waals surface area contributed by atoms with Gasteiger partial charge in [-0.05, 0) is 36.2 Å². The van der Waals surface area contributed by atoms with Crippen LogP contribution in [-0.2, 0) is 6.42 Å². The average molecular weight is 284 g/mol. The van der Waals surface area contributed by atoms with Gasteiger partial charge in [0.1, 0.15) is 29.8 Å². The molecule has 0 saturated carbocycles. The Bertz CT molecular complexity index is 653. The van der Waals surface area contributed by atoms with Gasteiger partial charge in [-0.25, -0.2) is 4.79 Å². The van der Waals surface area contributed by atoms with Crippen LogP contribution < -0.4 is 9.47 Å². The van der Waals surface area contributed by atoms with Crippen molar-refractivity contribution in [2.75, 3.05) is 6.61 Å². The number of hydrogen-bond acceptors (Lipinski definition) is 3. The number of carbonyl (C=O) groups is 1. The number of fused-ring (bicyclic) bond motifs is 1. The second-order valence-corrected chi connectivity index (χ2v) is 5.17. The molecule has 4 nitrogen and oxygen atoms in total. The molecule has 3 rings (SSSR count). The van der Waals surface area contributed by atoms with Crippen molar-refractivity contribution in [3.8, 4) is 11.5 Å². The summed E-state index contributed by atoms with van der Waals surface area (Å²) in [5.74, 6) is 0.288. The van der Waals surface area contributed by atoms with E-state index >= 15 is 0 Å². The minimum atomic E-state index is -0.986. The van der Waals surface area contributed by atoms with E-state index in [9.17, 15) is 9.90 Å². The summed E-state index contributed by atoms with van der Waals surface area (Å²) >= 11 is 0. The number of hydrogen-bond donors (Lipinski definition) is 1. The maximum Gasteiger partial charge on any atom is 0.339 e. The third-order valence-electron chi connectivity index (χ3n) is 3.51. The summed E-state index contributed by atoms with van der Waals surface area (Å²) in [6.45, 7) is 2.23. The number of aryl methyl sites for hydroxylation is 1. The number of carboxylic acids is 1. The van der Waals surface area contributed by atoms with Gasteiger partial charge in [-0.15, -0.1) is 0 Å². The van der Waals surface area contributed by atoms with Crippen LogP contribution >= 0.6 is 0 Å².